The molecule has 0 bridgehead atoms. The smallest absolute Gasteiger partial charge is 0.255 e. The van der Waals surface area contributed by atoms with Crippen molar-refractivity contribution in [1.29, 1.82) is 0 Å². The molecular formula is C23H30N2O3. The highest BCUT2D eigenvalue weighted by atomic mass is 16.7. The number of hydrogen-bond donors (Lipinski definition) is 2. The second kappa shape index (κ2) is 9.11. The Labute approximate surface area is 167 Å². The zero-order chi connectivity index (χ0) is 20.0. The van der Waals surface area contributed by atoms with Gasteiger partial charge in [-0.05, 0) is 42.7 Å². The third-order valence-electron chi connectivity index (χ3n) is 5.07. The van der Waals surface area contributed by atoms with E-state index in [1.54, 1.807) is 12.1 Å². The van der Waals surface area contributed by atoms with E-state index in [9.17, 15) is 4.79 Å². The predicted octanol–water partition coefficient (Wildman–Crippen LogP) is 5.25. The summed E-state index contributed by atoms with van der Waals surface area (Å²) in [6.07, 6.45) is 6.04. The Morgan fingerprint density at radius 2 is 1.61 bits per heavy atom. The van der Waals surface area contributed by atoms with Crippen LogP contribution in [-0.2, 0) is 6.54 Å². The van der Waals surface area contributed by atoms with E-state index in [4.69, 9.17) is 15.2 Å². The van der Waals surface area contributed by atoms with E-state index in [0.29, 0.717) is 23.5 Å². The summed E-state index contributed by atoms with van der Waals surface area (Å²) in [5, 5.41) is 2.93. The van der Waals surface area contributed by atoms with Gasteiger partial charge in [-0.15, -0.1) is 0 Å². The molecule has 150 valence electrons. The van der Waals surface area contributed by atoms with Gasteiger partial charge >= 0.3 is 0 Å². The Balaban J connectivity index is 1.71. The molecule has 0 radical (unpaired) electrons. The van der Waals surface area contributed by atoms with E-state index in [1.807, 2.05) is 30.3 Å². The van der Waals surface area contributed by atoms with Crippen LogP contribution in [-0.4, -0.2) is 11.7 Å². The largest absolute Gasteiger partial charge is 0.448 e. The van der Waals surface area contributed by atoms with Crippen molar-refractivity contribution in [2.75, 3.05) is 5.32 Å². The lowest BCUT2D eigenvalue weighted by molar-refractivity contribution is -0.0944. The van der Waals surface area contributed by atoms with Crippen molar-refractivity contribution in [3.05, 3.63) is 53.6 Å². The van der Waals surface area contributed by atoms with Crippen molar-refractivity contribution < 1.29 is 14.3 Å². The minimum Gasteiger partial charge on any atom is -0.448 e. The van der Waals surface area contributed by atoms with Gasteiger partial charge in [0.25, 0.3) is 11.7 Å². The predicted molar refractivity (Wildman–Crippen MR) is 112 cm³/mol. The lowest BCUT2D eigenvalue weighted by Crippen LogP contribution is -2.38. The molecule has 28 heavy (non-hydrogen) atoms. The first-order chi connectivity index (χ1) is 13.6. The SMILES string of the molecule is CCCCC1(CCCC)Oc2ccc(NC(=O)c3ccc(CN)cc3)cc2O1. The number of anilines is 1. The number of nitrogens with two attached hydrogens (primary N) is 1. The summed E-state index contributed by atoms with van der Waals surface area (Å²) < 4.78 is 12.5. The molecule has 0 fully saturated rings. The van der Waals surface area contributed by atoms with Gasteiger partial charge in [-0.2, -0.15) is 0 Å². The van der Waals surface area contributed by atoms with Gasteiger partial charge in [0, 0.05) is 36.7 Å². The molecule has 1 heterocycles. The summed E-state index contributed by atoms with van der Waals surface area (Å²) in [7, 11) is 0. The summed E-state index contributed by atoms with van der Waals surface area (Å²) >= 11 is 0. The molecule has 1 aliphatic heterocycles. The van der Waals surface area contributed by atoms with Crippen LogP contribution in [0.3, 0.4) is 0 Å². The summed E-state index contributed by atoms with van der Waals surface area (Å²) in [5.74, 6) is 0.710. The highest BCUT2D eigenvalue weighted by molar-refractivity contribution is 6.04. The third-order valence-corrected chi connectivity index (χ3v) is 5.07. The summed E-state index contributed by atoms with van der Waals surface area (Å²) in [6.45, 7) is 4.80. The van der Waals surface area contributed by atoms with Crippen molar-refractivity contribution in [1.82, 2.24) is 0 Å². The van der Waals surface area contributed by atoms with Crippen molar-refractivity contribution in [2.24, 2.45) is 5.73 Å². The topological polar surface area (TPSA) is 73.6 Å². The minimum absolute atomic E-state index is 0.161. The molecular weight excluding hydrogens is 352 g/mol. The van der Waals surface area contributed by atoms with Gasteiger partial charge in [0.1, 0.15) is 0 Å². The number of ether oxygens (including phenoxy) is 2. The first kappa shape index (κ1) is 20.2. The fraction of sp³-hybridized carbons (Fsp3) is 0.435. The number of rotatable bonds is 9. The van der Waals surface area contributed by atoms with Gasteiger partial charge in [0.15, 0.2) is 11.5 Å². The second-order valence-electron chi connectivity index (χ2n) is 7.34. The molecule has 0 aliphatic carbocycles. The zero-order valence-electron chi connectivity index (χ0n) is 16.8. The Bertz CT molecular complexity index is 794. The van der Waals surface area contributed by atoms with Crippen molar-refractivity contribution in [3.63, 3.8) is 0 Å². The number of nitrogens with one attached hydrogen (secondary N) is 1. The van der Waals surface area contributed by atoms with Gasteiger partial charge in [-0.25, -0.2) is 0 Å². The molecule has 5 heteroatoms. The Morgan fingerprint density at radius 1 is 0.964 bits per heavy atom. The first-order valence-electron chi connectivity index (χ1n) is 10.2. The number of hydrogen-bond acceptors (Lipinski definition) is 4. The summed E-state index contributed by atoms with van der Waals surface area (Å²) in [6, 6.07) is 12.9. The van der Waals surface area contributed by atoms with E-state index in [-0.39, 0.29) is 5.91 Å². The van der Waals surface area contributed by atoms with Crippen LogP contribution in [0.4, 0.5) is 5.69 Å². The van der Waals surface area contributed by atoms with Crippen molar-refractivity contribution in [2.45, 2.75) is 64.7 Å². The second-order valence-corrected chi connectivity index (χ2v) is 7.34. The van der Waals surface area contributed by atoms with Crippen LogP contribution in [0.25, 0.3) is 0 Å². The Morgan fingerprint density at radius 3 is 2.21 bits per heavy atom. The van der Waals surface area contributed by atoms with Crippen LogP contribution in [0.2, 0.25) is 0 Å². The average molecular weight is 383 g/mol. The van der Waals surface area contributed by atoms with E-state index in [1.165, 1.54) is 0 Å². The van der Waals surface area contributed by atoms with Gasteiger partial charge < -0.3 is 20.5 Å². The standard InChI is InChI=1S/C23H30N2O3/c1-3-5-13-23(14-6-4-2)27-20-12-11-19(15-21(20)28-23)25-22(26)18-9-7-17(16-24)8-10-18/h7-12,15H,3-6,13-14,16,24H2,1-2H3,(H,25,26). The van der Waals surface area contributed by atoms with Crippen LogP contribution < -0.4 is 20.5 Å². The minimum atomic E-state index is -0.574. The molecule has 0 saturated carbocycles. The molecule has 0 atom stereocenters. The van der Waals surface area contributed by atoms with Crippen LogP contribution in [0.1, 0.15) is 68.3 Å². The molecule has 0 unspecified atom stereocenters. The lowest BCUT2D eigenvalue weighted by atomic mass is 10.0. The number of benzene rings is 2. The molecule has 0 saturated heterocycles. The molecule has 5 nitrogen and oxygen atoms in total. The normalized spacial score (nSPS) is 14.1. The van der Waals surface area contributed by atoms with Crippen molar-refractivity contribution >= 4 is 11.6 Å². The molecule has 3 N–H and O–H groups in total. The molecule has 1 amide bonds. The first-order valence-corrected chi connectivity index (χ1v) is 10.2. The van der Waals surface area contributed by atoms with Crippen LogP contribution in [0.5, 0.6) is 11.5 Å². The van der Waals surface area contributed by atoms with Crippen molar-refractivity contribution in [3.8, 4) is 11.5 Å². The molecule has 0 spiro atoms. The quantitative estimate of drug-likeness (QED) is 0.621. The number of carbonyl (C=O) groups is 1. The highest BCUT2D eigenvalue weighted by Gasteiger charge is 2.40. The fourth-order valence-electron chi connectivity index (χ4n) is 3.39. The fourth-order valence-corrected chi connectivity index (χ4v) is 3.39. The Hall–Kier alpha value is -2.53. The molecule has 3 rings (SSSR count). The Kier molecular flexibility index (Phi) is 6.57. The maximum Gasteiger partial charge on any atom is 0.255 e. The van der Waals surface area contributed by atoms with E-state index < -0.39 is 5.79 Å². The number of amides is 1. The number of fused-ring (bicyclic) bond motifs is 1. The van der Waals surface area contributed by atoms with Gasteiger partial charge in [-0.1, -0.05) is 38.8 Å². The summed E-state index contributed by atoms with van der Waals surface area (Å²) in [4.78, 5) is 12.5. The van der Waals surface area contributed by atoms with Crippen LogP contribution >= 0.6 is 0 Å². The van der Waals surface area contributed by atoms with E-state index >= 15 is 0 Å². The molecule has 1 aliphatic rings. The van der Waals surface area contributed by atoms with E-state index in [0.717, 1.165) is 49.8 Å². The zero-order valence-corrected chi connectivity index (χ0v) is 16.8. The van der Waals surface area contributed by atoms with Crippen LogP contribution in [0, 0.1) is 0 Å². The molecule has 2 aromatic rings. The van der Waals surface area contributed by atoms with E-state index in [2.05, 4.69) is 19.2 Å². The highest BCUT2D eigenvalue weighted by Crippen LogP contribution is 2.44. The third kappa shape index (κ3) is 4.65. The molecule has 2 aromatic carbocycles. The van der Waals surface area contributed by atoms with Gasteiger partial charge in [-0.3, -0.25) is 4.79 Å². The van der Waals surface area contributed by atoms with Crippen LogP contribution in [0.15, 0.2) is 42.5 Å². The number of carbonyl (C=O) groups excluding carboxylic acids is 1. The van der Waals surface area contributed by atoms with Gasteiger partial charge in [0.2, 0.25) is 0 Å². The lowest BCUT2D eigenvalue weighted by Gasteiger charge is -2.27. The monoisotopic (exact) mass is 382 g/mol. The average Bonchev–Trinajstić information content (AvgIpc) is 3.09. The molecule has 0 aromatic heterocycles. The summed E-state index contributed by atoms with van der Waals surface area (Å²) in [5.41, 5.74) is 7.89. The van der Waals surface area contributed by atoms with Gasteiger partial charge in [0.05, 0.1) is 0 Å². The maximum atomic E-state index is 12.5. The number of unbranched alkanes of at least 4 members (excludes halogenated alkanes) is 2. The maximum absolute atomic E-state index is 12.5.